The van der Waals surface area contributed by atoms with Gasteiger partial charge in [0.2, 0.25) is 5.91 Å². The summed E-state index contributed by atoms with van der Waals surface area (Å²) in [6.07, 6.45) is 7.46. The van der Waals surface area contributed by atoms with Crippen LogP contribution in [-0.4, -0.2) is 22.5 Å². The van der Waals surface area contributed by atoms with Crippen molar-refractivity contribution in [2.45, 2.75) is 26.7 Å². The predicted molar refractivity (Wildman–Crippen MR) is 109 cm³/mol. The molecule has 1 saturated carbocycles. The molecule has 0 aliphatic heterocycles. The van der Waals surface area contributed by atoms with Crippen LogP contribution in [0, 0.1) is 36.9 Å². The van der Waals surface area contributed by atoms with E-state index in [0.717, 1.165) is 0 Å². The monoisotopic (exact) mass is 411 g/mol. The number of benzene rings is 1. The number of nitrogens with zero attached hydrogens (tertiary/aromatic N) is 2. The van der Waals surface area contributed by atoms with E-state index in [1.807, 2.05) is 13.0 Å². The summed E-state index contributed by atoms with van der Waals surface area (Å²) < 4.78 is 33.5. The van der Waals surface area contributed by atoms with Crippen LogP contribution in [0.4, 0.5) is 14.5 Å². The summed E-state index contributed by atoms with van der Waals surface area (Å²) in [7, 11) is 0. The summed E-state index contributed by atoms with van der Waals surface area (Å²) in [5, 5.41) is 2.78. The van der Waals surface area contributed by atoms with Crippen LogP contribution in [0.15, 0.2) is 54.5 Å². The summed E-state index contributed by atoms with van der Waals surface area (Å²) in [6.45, 7) is 3.87. The largest absolute Gasteiger partial charge is 0.489 e. The first-order valence-electron chi connectivity index (χ1n) is 9.90. The third kappa shape index (κ3) is 4.10. The molecule has 1 fully saturated rings. The number of halogens is 2. The van der Waals surface area contributed by atoms with Crippen molar-refractivity contribution in [3.05, 3.63) is 71.9 Å². The van der Waals surface area contributed by atoms with E-state index in [1.54, 1.807) is 31.3 Å². The average Bonchev–Trinajstić information content (AvgIpc) is 3.43. The number of aromatic nitrogens is 2. The number of aryl methyl sites for hydroxylation is 2. The maximum absolute atomic E-state index is 14.0. The number of rotatable bonds is 6. The molecule has 156 valence electrons. The van der Waals surface area contributed by atoms with Crippen molar-refractivity contribution in [3.63, 3.8) is 0 Å². The fourth-order valence-electron chi connectivity index (χ4n) is 4.11. The van der Waals surface area contributed by atoms with E-state index in [0.29, 0.717) is 29.4 Å². The molecule has 0 radical (unpaired) electrons. The SMILES string of the molecule is Cc1ncc(OC[C@@]2(C3C=CC=C(F)C3)C[C@H]2C(=O)Nc2cccc(F)c2)c(C)n1. The van der Waals surface area contributed by atoms with Gasteiger partial charge in [-0.15, -0.1) is 0 Å². The van der Waals surface area contributed by atoms with Gasteiger partial charge in [0, 0.05) is 23.4 Å². The molecule has 2 aromatic rings. The quantitative estimate of drug-likeness (QED) is 0.749. The molecular weight excluding hydrogens is 388 g/mol. The van der Waals surface area contributed by atoms with E-state index in [-0.39, 0.29) is 36.6 Å². The van der Waals surface area contributed by atoms with Gasteiger partial charge in [-0.3, -0.25) is 4.79 Å². The number of hydrogen-bond donors (Lipinski definition) is 1. The Hall–Kier alpha value is -3.09. The molecule has 1 heterocycles. The van der Waals surface area contributed by atoms with Crippen molar-refractivity contribution >= 4 is 11.6 Å². The van der Waals surface area contributed by atoms with Crippen molar-refractivity contribution in [1.82, 2.24) is 9.97 Å². The van der Waals surface area contributed by atoms with Gasteiger partial charge in [-0.1, -0.05) is 18.2 Å². The minimum absolute atomic E-state index is 0.169. The van der Waals surface area contributed by atoms with Crippen molar-refractivity contribution in [3.8, 4) is 5.75 Å². The standard InChI is InChI=1S/C23H23F2N3O2/c1-14-21(12-26-15(2)27-14)30-13-23(16-5-3-6-17(24)9-16)11-20(23)22(29)28-19-8-4-7-18(25)10-19/h3-8,10,12,16,20H,9,11,13H2,1-2H3,(H,28,29)/t16?,20-,23+/m0/s1. The Kier molecular flexibility index (Phi) is 5.37. The van der Waals surface area contributed by atoms with E-state index in [9.17, 15) is 13.6 Å². The van der Waals surface area contributed by atoms with Crippen molar-refractivity contribution in [2.75, 3.05) is 11.9 Å². The zero-order valence-corrected chi connectivity index (χ0v) is 16.9. The van der Waals surface area contributed by atoms with E-state index in [2.05, 4.69) is 15.3 Å². The van der Waals surface area contributed by atoms with Gasteiger partial charge < -0.3 is 10.1 Å². The summed E-state index contributed by atoms with van der Waals surface area (Å²) in [5.74, 6) is -0.194. The second kappa shape index (κ2) is 7.97. The van der Waals surface area contributed by atoms with E-state index >= 15 is 0 Å². The number of ether oxygens (including phenoxy) is 1. The molecule has 0 saturated heterocycles. The summed E-state index contributed by atoms with van der Waals surface area (Å²) in [6, 6.07) is 5.77. The number of amides is 1. The van der Waals surface area contributed by atoms with Gasteiger partial charge >= 0.3 is 0 Å². The van der Waals surface area contributed by atoms with Gasteiger partial charge in [0.05, 0.1) is 18.5 Å². The third-order valence-corrected chi connectivity index (χ3v) is 5.85. The second-order valence-corrected chi connectivity index (χ2v) is 7.95. The first kappa shape index (κ1) is 20.2. The smallest absolute Gasteiger partial charge is 0.228 e. The molecule has 2 aliphatic carbocycles. The lowest BCUT2D eigenvalue weighted by Crippen LogP contribution is -2.30. The molecule has 30 heavy (non-hydrogen) atoms. The normalized spacial score (nSPS) is 24.9. The molecule has 1 aromatic heterocycles. The third-order valence-electron chi connectivity index (χ3n) is 5.85. The van der Waals surface area contributed by atoms with Gasteiger partial charge in [-0.25, -0.2) is 18.7 Å². The van der Waals surface area contributed by atoms with Crippen LogP contribution < -0.4 is 10.1 Å². The van der Waals surface area contributed by atoms with Crippen LogP contribution in [-0.2, 0) is 4.79 Å². The molecule has 1 N–H and O–H groups in total. The fourth-order valence-corrected chi connectivity index (χ4v) is 4.11. The molecule has 7 heteroatoms. The Balaban J connectivity index is 1.53. The first-order chi connectivity index (χ1) is 14.4. The Morgan fingerprint density at radius 1 is 1.33 bits per heavy atom. The Labute approximate surface area is 173 Å². The molecule has 0 bridgehead atoms. The first-order valence-corrected chi connectivity index (χ1v) is 9.90. The minimum Gasteiger partial charge on any atom is -0.489 e. The number of carbonyl (C=O) groups excluding carboxylic acids is 1. The number of anilines is 1. The van der Waals surface area contributed by atoms with Gasteiger partial charge in [0.25, 0.3) is 0 Å². The Morgan fingerprint density at radius 3 is 2.90 bits per heavy atom. The minimum atomic E-state index is -0.545. The molecule has 4 rings (SSSR count). The Bertz CT molecular complexity index is 1040. The average molecular weight is 411 g/mol. The lowest BCUT2D eigenvalue weighted by atomic mass is 9.82. The number of carbonyl (C=O) groups is 1. The maximum atomic E-state index is 14.0. The Morgan fingerprint density at radius 2 is 2.17 bits per heavy atom. The predicted octanol–water partition coefficient (Wildman–Crippen LogP) is 4.69. The summed E-state index contributed by atoms with van der Waals surface area (Å²) in [4.78, 5) is 21.4. The molecular formula is C23H23F2N3O2. The highest BCUT2D eigenvalue weighted by molar-refractivity contribution is 5.95. The topological polar surface area (TPSA) is 64.1 Å². The van der Waals surface area contributed by atoms with Crippen LogP contribution >= 0.6 is 0 Å². The maximum Gasteiger partial charge on any atom is 0.228 e. The molecule has 1 aromatic carbocycles. The molecule has 1 amide bonds. The van der Waals surface area contributed by atoms with Gasteiger partial charge in [0.1, 0.15) is 17.5 Å². The van der Waals surface area contributed by atoms with Gasteiger partial charge in [-0.2, -0.15) is 0 Å². The number of hydrogen-bond acceptors (Lipinski definition) is 4. The van der Waals surface area contributed by atoms with Crippen molar-refractivity contribution in [2.24, 2.45) is 17.3 Å². The highest BCUT2D eigenvalue weighted by atomic mass is 19.1. The van der Waals surface area contributed by atoms with Crippen LogP contribution in [0.3, 0.4) is 0 Å². The van der Waals surface area contributed by atoms with E-state index in [1.165, 1.54) is 18.2 Å². The molecule has 5 nitrogen and oxygen atoms in total. The lowest BCUT2D eigenvalue weighted by Gasteiger charge is -2.27. The second-order valence-electron chi connectivity index (χ2n) is 7.95. The lowest BCUT2D eigenvalue weighted by molar-refractivity contribution is -0.118. The highest BCUT2D eigenvalue weighted by Gasteiger charge is 2.62. The summed E-state index contributed by atoms with van der Waals surface area (Å²) >= 11 is 0. The van der Waals surface area contributed by atoms with E-state index < -0.39 is 11.2 Å². The van der Waals surface area contributed by atoms with Crippen LogP contribution in [0.25, 0.3) is 0 Å². The number of allylic oxidation sites excluding steroid dienone is 4. The van der Waals surface area contributed by atoms with Gasteiger partial charge in [-0.05, 0) is 50.5 Å². The molecule has 3 atom stereocenters. The molecule has 2 aliphatic rings. The van der Waals surface area contributed by atoms with Crippen LogP contribution in [0.1, 0.15) is 24.4 Å². The highest BCUT2D eigenvalue weighted by Crippen LogP contribution is 2.60. The summed E-state index contributed by atoms with van der Waals surface area (Å²) in [5.41, 5.74) is 0.565. The molecule has 0 spiro atoms. The zero-order valence-electron chi connectivity index (χ0n) is 16.9. The van der Waals surface area contributed by atoms with Crippen LogP contribution in [0.5, 0.6) is 5.75 Å². The van der Waals surface area contributed by atoms with E-state index in [4.69, 9.17) is 4.74 Å². The fraction of sp³-hybridized carbons (Fsp3) is 0.348. The van der Waals surface area contributed by atoms with Crippen molar-refractivity contribution < 1.29 is 18.3 Å². The van der Waals surface area contributed by atoms with Crippen molar-refractivity contribution in [1.29, 1.82) is 0 Å². The van der Waals surface area contributed by atoms with Gasteiger partial charge in [0.15, 0.2) is 5.75 Å². The number of nitrogens with one attached hydrogen (secondary N) is 1. The van der Waals surface area contributed by atoms with Crippen LogP contribution in [0.2, 0.25) is 0 Å². The molecule has 1 unspecified atom stereocenters. The zero-order chi connectivity index (χ0) is 21.3.